The highest BCUT2D eigenvalue weighted by molar-refractivity contribution is 5.76. The monoisotopic (exact) mass is 434 g/mol. The van der Waals surface area contributed by atoms with Gasteiger partial charge in [0.1, 0.15) is 17.4 Å². The zero-order valence-electron chi connectivity index (χ0n) is 19.2. The number of aryl methyl sites for hydroxylation is 4. The van der Waals surface area contributed by atoms with E-state index in [1.54, 1.807) is 7.11 Å². The van der Waals surface area contributed by atoms with Gasteiger partial charge in [0.2, 0.25) is 5.91 Å². The normalized spacial score (nSPS) is 14.0. The molecule has 1 aromatic carbocycles. The summed E-state index contributed by atoms with van der Waals surface area (Å²) >= 11 is 0. The number of benzene rings is 1. The third-order valence-corrected chi connectivity index (χ3v) is 5.78. The molecule has 0 unspecified atom stereocenters. The molecule has 0 radical (unpaired) electrons. The Morgan fingerprint density at radius 3 is 2.28 bits per heavy atom. The van der Waals surface area contributed by atoms with Gasteiger partial charge in [-0.1, -0.05) is 12.1 Å². The summed E-state index contributed by atoms with van der Waals surface area (Å²) in [6.07, 6.45) is 1.25. The predicted molar refractivity (Wildman–Crippen MR) is 123 cm³/mol. The Balaban J connectivity index is 1.36. The SMILES string of the molecule is COc1ccc(CCC(=O)N2CCN(c3cc(-n4nc(C)cc4C)nc(C)n3)CC2)cc1. The second-order valence-electron chi connectivity index (χ2n) is 8.19. The minimum absolute atomic E-state index is 0.197. The maximum Gasteiger partial charge on any atom is 0.223 e. The molecular weight excluding hydrogens is 404 g/mol. The molecule has 32 heavy (non-hydrogen) atoms. The number of anilines is 1. The van der Waals surface area contributed by atoms with Crippen LogP contribution in [0.4, 0.5) is 5.82 Å². The lowest BCUT2D eigenvalue weighted by Crippen LogP contribution is -2.49. The number of hydrogen-bond acceptors (Lipinski definition) is 6. The molecule has 1 amide bonds. The Morgan fingerprint density at radius 1 is 0.969 bits per heavy atom. The van der Waals surface area contributed by atoms with Gasteiger partial charge in [0.05, 0.1) is 12.8 Å². The van der Waals surface area contributed by atoms with Gasteiger partial charge in [-0.05, 0) is 51.0 Å². The van der Waals surface area contributed by atoms with Crippen molar-refractivity contribution in [2.45, 2.75) is 33.6 Å². The van der Waals surface area contributed by atoms with Crippen LogP contribution in [0, 0.1) is 20.8 Å². The second-order valence-corrected chi connectivity index (χ2v) is 8.19. The first-order valence-corrected chi connectivity index (χ1v) is 11.0. The molecule has 0 spiro atoms. The molecule has 0 saturated carbocycles. The number of hydrogen-bond donors (Lipinski definition) is 0. The lowest BCUT2D eigenvalue weighted by molar-refractivity contribution is -0.131. The molecule has 8 heteroatoms. The maximum atomic E-state index is 12.7. The topological polar surface area (TPSA) is 76.4 Å². The van der Waals surface area contributed by atoms with Gasteiger partial charge in [0.25, 0.3) is 0 Å². The highest BCUT2D eigenvalue weighted by Crippen LogP contribution is 2.19. The third-order valence-electron chi connectivity index (χ3n) is 5.78. The van der Waals surface area contributed by atoms with Crippen molar-refractivity contribution in [1.82, 2.24) is 24.6 Å². The minimum atomic E-state index is 0.197. The molecule has 168 valence electrons. The fourth-order valence-corrected chi connectivity index (χ4v) is 4.05. The van der Waals surface area contributed by atoms with Crippen LogP contribution in [0.25, 0.3) is 5.82 Å². The van der Waals surface area contributed by atoms with E-state index < -0.39 is 0 Å². The number of nitrogens with zero attached hydrogens (tertiary/aromatic N) is 6. The van der Waals surface area contributed by atoms with Crippen molar-refractivity contribution >= 4 is 11.7 Å². The van der Waals surface area contributed by atoms with E-state index in [2.05, 4.69) is 20.0 Å². The molecule has 0 atom stereocenters. The summed E-state index contributed by atoms with van der Waals surface area (Å²) in [6.45, 7) is 8.79. The first-order chi connectivity index (χ1) is 15.4. The van der Waals surface area contributed by atoms with E-state index in [1.807, 2.05) is 66.8 Å². The Bertz CT molecular complexity index is 1080. The molecule has 0 aliphatic carbocycles. The smallest absolute Gasteiger partial charge is 0.223 e. The summed E-state index contributed by atoms with van der Waals surface area (Å²) in [4.78, 5) is 26.1. The zero-order chi connectivity index (χ0) is 22.7. The average Bonchev–Trinajstić information content (AvgIpc) is 3.15. The molecule has 0 bridgehead atoms. The van der Waals surface area contributed by atoms with Gasteiger partial charge >= 0.3 is 0 Å². The van der Waals surface area contributed by atoms with Gasteiger partial charge in [-0.15, -0.1) is 0 Å². The van der Waals surface area contributed by atoms with Crippen LogP contribution in [-0.4, -0.2) is 63.8 Å². The molecule has 3 heterocycles. The zero-order valence-corrected chi connectivity index (χ0v) is 19.2. The number of rotatable bonds is 6. The van der Waals surface area contributed by atoms with E-state index in [0.717, 1.165) is 53.8 Å². The number of aromatic nitrogens is 4. The first-order valence-electron chi connectivity index (χ1n) is 11.0. The van der Waals surface area contributed by atoms with Crippen LogP contribution >= 0.6 is 0 Å². The number of carbonyl (C=O) groups is 1. The Hall–Kier alpha value is -3.42. The van der Waals surface area contributed by atoms with E-state index >= 15 is 0 Å². The molecule has 8 nitrogen and oxygen atoms in total. The van der Waals surface area contributed by atoms with E-state index in [9.17, 15) is 4.79 Å². The van der Waals surface area contributed by atoms with Gasteiger partial charge < -0.3 is 14.5 Å². The van der Waals surface area contributed by atoms with E-state index in [0.29, 0.717) is 25.3 Å². The van der Waals surface area contributed by atoms with E-state index in [1.165, 1.54) is 0 Å². The molecule has 3 aromatic rings. The van der Waals surface area contributed by atoms with E-state index in [-0.39, 0.29) is 5.91 Å². The summed E-state index contributed by atoms with van der Waals surface area (Å²) in [6, 6.07) is 11.9. The number of ether oxygens (including phenoxy) is 1. The van der Waals surface area contributed by atoms with Gasteiger partial charge in [0.15, 0.2) is 5.82 Å². The van der Waals surface area contributed by atoms with Crippen LogP contribution in [-0.2, 0) is 11.2 Å². The highest BCUT2D eigenvalue weighted by Gasteiger charge is 2.22. The second kappa shape index (κ2) is 9.38. The quantitative estimate of drug-likeness (QED) is 0.594. The average molecular weight is 435 g/mol. The Morgan fingerprint density at radius 2 is 1.66 bits per heavy atom. The van der Waals surface area contributed by atoms with Crippen LogP contribution in [0.15, 0.2) is 36.4 Å². The van der Waals surface area contributed by atoms with Gasteiger partial charge in [0, 0.05) is 44.4 Å². The van der Waals surface area contributed by atoms with Crippen LogP contribution in [0.2, 0.25) is 0 Å². The molecule has 1 saturated heterocycles. The summed E-state index contributed by atoms with van der Waals surface area (Å²) < 4.78 is 7.04. The van der Waals surface area contributed by atoms with Crippen molar-refractivity contribution in [2.24, 2.45) is 0 Å². The number of methoxy groups -OCH3 is 1. The molecule has 2 aromatic heterocycles. The fourth-order valence-electron chi connectivity index (χ4n) is 4.05. The van der Waals surface area contributed by atoms with Gasteiger partial charge in [-0.2, -0.15) is 5.10 Å². The number of amides is 1. The Labute approximate surface area is 188 Å². The van der Waals surface area contributed by atoms with Crippen molar-refractivity contribution < 1.29 is 9.53 Å². The lowest BCUT2D eigenvalue weighted by atomic mass is 10.1. The van der Waals surface area contributed by atoms with Gasteiger partial charge in [-0.3, -0.25) is 4.79 Å². The summed E-state index contributed by atoms with van der Waals surface area (Å²) in [5.41, 5.74) is 3.15. The van der Waals surface area contributed by atoms with Crippen LogP contribution in [0.1, 0.15) is 29.2 Å². The van der Waals surface area contributed by atoms with Crippen LogP contribution < -0.4 is 9.64 Å². The van der Waals surface area contributed by atoms with Crippen molar-refractivity contribution in [1.29, 1.82) is 0 Å². The molecule has 1 aliphatic heterocycles. The molecule has 1 fully saturated rings. The van der Waals surface area contributed by atoms with Crippen molar-refractivity contribution in [3.63, 3.8) is 0 Å². The summed E-state index contributed by atoms with van der Waals surface area (Å²) in [5, 5.41) is 4.55. The number of piperazine rings is 1. The summed E-state index contributed by atoms with van der Waals surface area (Å²) in [7, 11) is 1.65. The summed E-state index contributed by atoms with van der Waals surface area (Å²) in [5.74, 6) is 3.39. The van der Waals surface area contributed by atoms with Crippen LogP contribution in [0.5, 0.6) is 5.75 Å². The number of carbonyl (C=O) groups excluding carboxylic acids is 1. The minimum Gasteiger partial charge on any atom is -0.497 e. The lowest BCUT2D eigenvalue weighted by Gasteiger charge is -2.35. The van der Waals surface area contributed by atoms with Crippen molar-refractivity contribution in [3.8, 4) is 11.6 Å². The standard InChI is InChI=1S/C24H30N6O2/c1-17-15-18(2)30(27-17)23-16-22(25-19(3)26-23)28-11-13-29(14-12-28)24(31)10-7-20-5-8-21(32-4)9-6-20/h5-6,8-9,15-16H,7,10-14H2,1-4H3. The molecule has 4 rings (SSSR count). The highest BCUT2D eigenvalue weighted by atomic mass is 16.5. The molecule has 0 N–H and O–H groups in total. The van der Waals surface area contributed by atoms with E-state index in [4.69, 9.17) is 4.74 Å². The van der Waals surface area contributed by atoms with Crippen LogP contribution in [0.3, 0.4) is 0 Å². The largest absolute Gasteiger partial charge is 0.497 e. The molecular formula is C24H30N6O2. The first kappa shape index (κ1) is 21.8. The molecule has 1 aliphatic rings. The van der Waals surface area contributed by atoms with Crippen molar-refractivity contribution in [3.05, 3.63) is 59.2 Å². The maximum absolute atomic E-state index is 12.7. The van der Waals surface area contributed by atoms with Crippen molar-refractivity contribution in [2.75, 3.05) is 38.2 Å². The Kier molecular flexibility index (Phi) is 6.39. The predicted octanol–water partition coefficient (Wildman–Crippen LogP) is 2.88. The third kappa shape index (κ3) is 4.90. The van der Waals surface area contributed by atoms with Gasteiger partial charge in [-0.25, -0.2) is 14.6 Å². The fraction of sp³-hybridized carbons (Fsp3) is 0.417.